The summed E-state index contributed by atoms with van der Waals surface area (Å²) in [6.07, 6.45) is 3.83. The van der Waals surface area contributed by atoms with E-state index in [1.165, 1.54) is 5.69 Å². The number of nitrogens with zero attached hydrogens (tertiary/aromatic N) is 5. The molecule has 3 aromatic rings. The van der Waals surface area contributed by atoms with E-state index in [4.69, 9.17) is 5.73 Å². The van der Waals surface area contributed by atoms with E-state index in [1.807, 2.05) is 6.07 Å². The molecule has 3 N–H and O–H groups in total. The van der Waals surface area contributed by atoms with Gasteiger partial charge in [-0.15, -0.1) is 0 Å². The molecule has 1 aromatic carbocycles. The third-order valence-electron chi connectivity index (χ3n) is 5.82. The fourth-order valence-corrected chi connectivity index (χ4v) is 3.91. The van der Waals surface area contributed by atoms with Crippen LogP contribution < -0.4 is 21.5 Å². The molecule has 0 spiro atoms. The van der Waals surface area contributed by atoms with Gasteiger partial charge in [0, 0.05) is 44.6 Å². The summed E-state index contributed by atoms with van der Waals surface area (Å²) in [6, 6.07) is 10.3. The summed E-state index contributed by atoms with van der Waals surface area (Å²) >= 11 is 0. The number of rotatable bonds is 7. The molecule has 1 aliphatic heterocycles. The highest BCUT2D eigenvalue weighted by molar-refractivity contribution is 5.89. The quantitative estimate of drug-likeness (QED) is 0.566. The van der Waals surface area contributed by atoms with Crippen LogP contribution in [0.1, 0.15) is 25.3 Å². The first-order valence-corrected chi connectivity index (χ1v) is 11.0. The second kappa shape index (κ2) is 9.34. The lowest BCUT2D eigenvalue weighted by atomic mass is 10.1. The van der Waals surface area contributed by atoms with Crippen molar-refractivity contribution in [2.45, 2.75) is 26.3 Å². The minimum atomic E-state index is -0.111. The third kappa shape index (κ3) is 4.80. The smallest absolute Gasteiger partial charge is 0.264 e. The molecule has 1 aliphatic rings. The maximum Gasteiger partial charge on any atom is 0.264 e. The number of pyridine rings is 1. The van der Waals surface area contributed by atoms with E-state index >= 15 is 0 Å². The summed E-state index contributed by atoms with van der Waals surface area (Å²) in [6.45, 7) is 7.59. The van der Waals surface area contributed by atoms with Crippen LogP contribution in [0.4, 0.5) is 17.5 Å². The van der Waals surface area contributed by atoms with Crippen LogP contribution in [-0.2, 0) is 6.54 Å². The molecule has 0 radical (unpaired) electrons. The Balaban J connectivity index is 1.57. The van der Waals surface area contributed by atoms with Gasteiger partial charge in [-0.25, -0.2) is 4.98 Å². The molecule has 4 rings (SSSR count). The summed E-state index contributed by atoms with van der Waals surface area (Å²) in [5.74, 6) is 0.684. The van der Waals surface area contributed by atoms with Crippen LogP contribution in [0.25, 0.3) is 10.9 Å². The number of hydrogen-bond acceptors (Lipinski definition) is 7. The van der Waals surface area contributed by atoms with Crippen molar-refractivity contribution in [2.75, 3.05) is 55.7 Å². The SMILES string of the molecule is CCCCNc1nc(N)nc2ccn(Cc3ccc(N4CCN(C)CC4)cc3)c(=O)c12. The number of unbranched alkanes of at least 4 members (excludes halogenated alkanes) is 1. The van der Waals surface area contributed by atoms with E-state index in [9.17, 15) is 4.79 Å². The molecule has 8 heteroatoms. The van der Waals surface area contributed by atoms with Gasteiger partial charge in [-0.05, 0) is 37.2 Å². The predicted octanol–water partition coefficient (Wildman–Crippen LogP) is 2.39. The second-order valence-electron chi connectivity index (χ2n) is 8.18. The first kappa shape index (κ1) is 21.1. The van der Waals surface area contributed by atoms with Crippen molar-refractivity contribution < 1.29 is 0 Å². The summed E-state index contributed by atoms with van der Waals surface area (Å²) in [7, 11) is 2.16. The molecule has 0 aliphatic carbocycles. The van der Waals surface area contributed by atoms with Crippen LogP contribution in [0.15, 0.2) is 41.3 Å². The second-order valence-corrected chi connectivity index (χ2v) is 8.18. The first-order chi connectivity index (χ1) is 15.0. The van der Waals surface area contributed by atoms with E-state index < -0.39 is 0 Å². The Bertz CT molecular complexity index is 1090. The van der Waals surface area contributed by atoms with Gasteiger partial charge >= 0.3 is 0 Å². The number of nitrogens with two attached hydrogens (primary N) is 1. The number of aromatic nitrogens is 3. The van der Waals surface area contributed by atoms with Gasteiger partial charge < -0.3 is 25.4 Å². The lowest BCUT2D eigenvalue weighted by Crippen LogP contribution is -2.44. The van der Waals surface area contributed by atoms with Gasteiger partial charge in [0.2, 0.25) is 5.95 Å². The number of anilines is 3. The monoisotopic (exact) mass is 421 g/mol. The summed E-state index contributed by atoms with van der Waals surface area (Å²) in [4.78, 5) is 26.5. The van der Waals surface area contributed by atoms with Gasteiger partial charge in [-0.1, -0.05) is 25.5 Å². The molecule has 1 fully saturated rings. The molecule has 0 amide bonds. The van der Waals surface area contributed by atoms with E-state index in [1.54, 1.807) is 10.8 Å². The van der Waals surface area contributed by atoms with E-state index in [2.05, 4.69) is 63.3 Å². The van der Waals surface area contributed by atoms with Crippen molar-refractivity contribution >= 4 is 28.4 Å². The molecule has 0 bridgehead atoms. The topological polar surface area (TPSA) is 92.3 Å². The number of nitrogen functional groups attached to an aromatic ring is 1. The molecule has 8 nitrogen and oxygen atoms in total. The highest BCUT2D eigenvalue weighted by Crippen LogP contribution is 2.20. The van der Waals surface area contributed by atoms with E-state index in [0.29, 0.717) is 23.3 Å². The Kier molecular flexibility index (Phi) is 6.36. The molecule has 1 saturated heterocycles. The standard InChI is InChI=1S/C23H31N7O/c1-3-4-10-25-21-20-19(26-23(24)27-21)9-11-30(22(20)31)16-17-5-7-18(8-6-17)29-14-12-28(2)13-15-29/h5-9,11H,3-4,10,12-16H2,1-2H3,(H3,24,25,26,27). The lowest BCUT2D eigenvalue weighted by molar-refractivity contribution is 0.313. The van der Waals surface area contributed by atoms with Gasteiger partial charge in [0.25, 0.3) is 5.56 Å². The highest BCUT2D eigenvalue weighted by Gasteiger charge is 2.15. The Morgan fingerprint density at radius 2 is 1.81 bits per heavy atom. The van der Waals surface area contributed by atoms with E-state index in [0.717, 1.165) is 51.1 Å². The van der Waals surface area contributed by atoms with Gasteiger partial charge in [-0.3, -0.25) is 4.79 Å². The van der Waals surface area contributed by atoms with Crippen LogP contribution in [-0.4, -0.2) is 59.2 Å². The number of fused-ring (bicyclic) bond motifs is 1. The fraction of sp³-hybridized carbons (Fsp3) is 0.435. The highest BCUT2D eigenvalue weighted by atomic mass is 16.1. The minimum absolute atomic E-state index is 0.111. The number of piperazine rings is 1. The molecular formula is C23H31N7O. The van der Waals surface area contributed by atoms with Gasteiger partial charge in [-0.2, -0.15) is 4.98 Å². The Morgan fingerprint density at radius 3 is 2.52 bits per heavy atom. The molecule has 31 heavy (non-hydrogen) atoms. The van der Waals surface area contributed by atoms with Crippen molar-refractivity contribution in [3.8, 4) is 0 Å². The molecule has 3 heterocycles. The number of hydrogen-bond donors (Lipinski definition) is 2. The largest absolute Gasteiger partial charge is 0.369 e. The minimum Gasteiger partial charge on any atom is -0.369 e. The molecule has 2 aromatic heterocycles. The number of nitrogens with one attached hydrogen (secondary N) is 1. The van der Waals surface area contributed by atoms with E-state index in [-0.39, 0.29) is 11.5 Å². The summed E-state index contributed by atoms with van der Waals surface area (Å²) in [5.41, 5.74) is 8.61. The molecule has 164 valence electrons. The average molecular weight is 422 g/mol. The van der Waals surface area contributed by atoms with Crippen LogP contribution in [0, 0.1) is 0 Å². The van der Waals surface area contributed by atoms with Crippen molar-refractivity contribution in [3.05, 3.63) is 52.4 Å². The van der Waals surface area contributed by atoms with Gasteiger partial charge in [0.05, 0.1) is 12.1 Å². The third-order valence-corrected chi connectivity index (χ3v) is 5.82. The van der Waals surface area contributed by atoms with Gasteiger partial charge in [0.1, 0.15) is 11.2 Å². The lowest BCUT2D eigenvalue weighted by Gasteiger charge is -2.34. The zero-order valence-corrected chi connectivity index (χ0v) is 18.3. The summed E-state index contributed by atoms with van der Waals surface area (Å²) < 4.78 is 1.71. The Morgan fingerprint density at radius 1 is 1.06 bits per heavy atom. The maximum absolute atomic E-state index is 13.2. The maximum atomic E-state index is 13.2. The molecule has 0 atom stereocenters. The van der Waals surface area contributed by atoms with Crippen LogP contribution >= 0.6 is 0 Å². The number of likely N-dealkylation sites (N-methyl/N-ethyl adjacent to an activating group) is 1. The fourth-order valence-electron chi connectivity index (χ4n) is 3.91. The molecule has 0 saturated carbocycles. The number of benzene rings is 1. The van der Waals surface area contributed by atoms with Crippen LogP contribution in [0.2, 0.25) is 0 Å². The molecular weight excluding hydrogens is 390 g/mol. The Labute approximate surface area is 182 Å². The van der Waals surface area contributed by atoms with Crippen molar-refractivity contribution in [2.24, 2.45) is 0 Å². The zero-order valence-electron chi connectivity index (χ0n) is 18.3. The van der Waals surface area contributed by atoms with Gasteiger partial charge in [0.15, 0.2) is 0 Å². The van der Waals surface area contributed by atoms with Crippen LogP contribution in [0.3, 0.4) is 0 Å². The summed E-state index contributed by atoms with van der Waals surface area (Å²) in [5, 5.41) is 3.74. The zero-order chi connectivity index (χ0) is 21.8. The van der Waals surface area contributed by atoms with Crippen molar-refractivity contribution in [1.29, 1.82) is 0 Å². The molecule has 0 unspecified atom stereocenters. The van der Waals surface area contributed by atoms with Crippen molar-refractivity contribution in [3.63, 3.8) is 0 Å². The van der Waals surface area contributed by atoms with Crippen molar-refractivity contribution in [1.82, 2.24) is 19.4 Å². The Hall–Kier alpha value is -3.13. The predicted molar refractivity (Wildman–Crippen MR) is 127 cm³/mol. The van der Waals surface area contributed by atoms with Crippen LogP contribution in [0.5, 0.6) is 0 Å². The first-order valence-electron chi connectivity index (χ1n) is 11.0. The average Bonchev–Trinajstić information content (AvgIpc) is 2.77. The normalized spacial score (nSPS) is 14.8.